The van der Waals surface area contributed by atoms with Crippen molar-refractivity contribution in [1.29, 1.82) is 0 Å². The Morgan fingerprint density at radius 2 is 2.10 bits per heavy atom. The van der Waals surface area contributed by atoms with Gasteiger partial charge in [-0.3, -0.25) is 0 Å². The Morgan fingerprint density at radius 1 is 1.20 bits per heavy atom. The van der Waals surface area contributed by atoms with Crippen molar-refractivity contribution < 1.29 is 9.47 Å². The summed E-state index contributed by atoms with van der Waals surface area (Å²) in [6.07, 6.45) is 3.14. The number of benzene rings is 2. The smallest absolute Gasteiger partial charge is 0.123 e. The molecule has 0 spiro atoms. The monoisotopic (exact) mass is 271 g/mol. The molecule has 0 amide bonds. The van der Waals surface area contributed by atoms with Gasteiger partial charge < -0.3 is 15.2 Å². The summed E-state index contributed by atoms with van der Waals surface area (Å²) in [5.74, 6) is 0.963. The van der Waals surface area contributed by atoms with Crippen LogP contribution in [0.3, 0.4) is 0 Å². The predicted molar refractivity (Wildman–Crippen MR) is 81.2 cm³/mol. The molecule has 2 aromatic carbocycles. The maximum Gasteiger partial charge on any atom is 0.123 e. The van der Waals surface area contributed by atoms with E-state index in [0.29, 0.717) is 13.2 Å². The van der Waals surface area contributed by atoms with Gasteiger partial charge in [-0.2, -0.15) is 0 Å². The van der Waals surface area contributed by atoms with E-state index in [1.807, 2.05) is 0 Å². The molecule has 1 unspecified atom stereocenters. The molecule has 0 radical (unpaired) electrons. The average Bonchev–Trinajstić information content (AvgIpc) is 2.51. The number of hydrogen-bond donors (Lipinski definition) is 1. The molecule has 1 saturated heterocycles. The van der Waals surface area contributed by atoms with Crippen LogP contribution in [0.15, 0.2) is 36.4 Å². The molecule has 20 heavy (non-hydrogen) atoms. The molecule has 1 aliphatic rings. The van der Waals surface area contributed by atoms with Crippen molar-refractivity contribution >= 4 is 10.8 Å². The van der Waals surface area contributed by atoms with Gasteiger partial charge in [0.15, 0.2) is 0 Å². The lowest BCUT2D eigenvalue weighted by atomic mass is 10.0. The van der Waals surface area contributed by atoms with Crippen LogP contribution in [0, 0.1) is 0 Å². The van der Waals surface area contributed by atoms with Crippen molar-refractivity contribution in [3.8, 4) is 5.75 Å². The zero-order valence-corrected chi connectivity index (χ0v) is 11.7. The lowest BCUT2D eigenvalue weighted by Gasteiger charge is -2.25. The van der Waals surface area contributed by atoms with Gasteiger partial charge in [-0.15, -0.1) is 0 Å². The Labute approximate surface area is 119 Å². The van der Waals surface area contributed by atoms with E-state index in [4.69, 9.17) is 15.2 Å². The minimum Gasteiger partial charge on any atom is -0.488 e. The molecule has 1 heterocycles. The van der Waals surface area contributed by atoms with Crippen molar-refractivity contribution in [2.24, 2.45) is 5.73 Å². The summed E-state index contributed by atoms with van der Waals surface area (Å²) in [5.41, 5.74) is 6.99. The first kappa shape index (κ1) is 13.4. The molecule has 0 saturated carbocycles. The van der Waals surface area contributed by atoms with Crippen LogP contribution < -0.4 is 10.5 Å². The highest BCUT2D eigenvalue weighted by Crippen LogP contribution is 2.30. The second-order valence-electron chi connectivity index (χ2n) is 5.26. The maximum absolute atomic E-state index is 6.17. The predicted octanol–water partition coefficient (Wildman–Crippen LogP) is 2.90. The fourth-order valence-electron chi connectivity index (χ4n) is 2.81. The molecule has 1 atom stereocenters. The standard InChI is InChI=1S/C17H21NO2/c18-10-9-16-15-6-2-1-4-13(15)7-8-17(16)20-14-5-3-11-19-12-14/h1-2,4,6-8,14H,3,5,9-12,18H2. The molecule has 0 bridgehead atoms. The molecule has 3 rings (SSSR count). The van der Waals surface area contributed by atoms with Crippen molar-refractivity contribution in [2.75, 3.05) is 19.8 Å². The van der Waals surface area contributed by atoms with E-state index in [-0.39, 0.29) is 6.10 Å². The maximum atomic E-state index is 6.17. The van der Waals surface area contributed by atoms with Gasteiger partial charge >= 0.3 is 0 Å². The summed E-state index contributed by atoms with van der Waals surface area (Å²) in [4.78, 5) is 0. The average molecular weight is 271 g/mol. The van der Waals surface area contributed by atoms with Crippen molar-refractivity contribution in [3.63, 3.8) is 0 Å². The third-order valence-electron chi connectivity index (χ3n) is 3.80. The normalized spacial score (nSPS) is 19.1. The van der Waals surface area contributed by atoms with E-state index >= 15 is 0 Å². The van der Waals surface area contributed by atoms with Crippen LogP contribution in [0.2, 0.25) is 0 Å². The van der Waals surface area contributed by atoms with E-state index in [2.05, 4.69) is 36.4 Å². The van der Waals surface area contributed by atoms with Crippen LogP contribution in [0.1, 0.15) is 18.4 Å². The fraction of sp³-hybridized carbons (Fsp3) is 0.412. The number of fused-ring (bicyclic) bond motifs is 1. The molecule has 1 fully saturated rings. The van der Waals surface area contributed by atoms with Gasteiger partial charge in [-0.25, -0.2) is 0 Å². The van der Waals surface area contributed by atoms with Gasteiger partial charge in [-0.1, -0.05) is 30.3 Å². The minimum atomic E-state index is 0.168. The lowest BCUT2D eigenvalue weighted by molar-refractivity contribution is 0.00712. The van der Waals surface area contributed by atoms with Gasteiger partial charge in [0.1, 0.15) is 11.9 Å². The number of rotatable bonds is 4. The first-order chi connectivity index (χ1) is 9.88. The van der Waals surface area contributed by atoms with Crippen LogP contribution in [0.25, 0.3) is 10.8 Å². The van der Waals surface area contributed by atoms with Gasteiger partial charge in [0.25, 0.3) is 0 Å². The third-order valence-corrected chi connectivity index (χ3v) is 3.80. The topological polar surface area (TPSA) is 44.5 Å². The summed E-state index contributed by atoms with van der Waals surface area (Å²) in [6.45, 7) is 2.17. The highest BCUT2D eigenvalue weighted by Gasteiger charge is 2.17. The number of nitrogens with two attached hydrogens (primary N) is 1. The van der Waals surface area contributed by atoms with E-state index < -0.39 is 0 Å². The lowest BCUT2D eigenvalue weighted by Crippen LogP contribution is -2.28. The molecular formula is C17H21NO2. The minimum absolute atomic E-state index is 0.168. The molecule has 3 heteroatoms. The zero-order valence-electron chi connectivity index (χ0n) is 11.7. The quantitative estimate of drug-likeness (QED) is 0.930. The van der Waals surface area contributed by atoms with Gasteiger partial charge in [0, 0.05) is 12.2 Å². The summed E-state index contributed by atoms with van der Waals surface area (Å²) in [7, 11) is 0. The zero-order chi connectivity index (χ0) is 13.8. The second-order valence-corrected chi connectivity index (χ2v) is 5.26. The van der Waals surface area contributed by atoms with Crippen LogP contribution in [0.5, 0.6) is 5.75 Å². The SMILES string of the molecule is NCCc1c(OC2CCCOC2)ccc2ccccc12. The highest BCUT2D eigenvalue weighted by atomic mass is 16.5. The van der Waals surface area contributed by atoms with Crippen LogP contribution in [0.4, 0.5) is 0 Å². The summed E-state index contributed by atoms with van der Waals surface area (Å²) in [6, 6.07) is 12.6. The Hall–Kier alpha value is -1.58. The van der Waals surface area contributed by atoms with Crippen LogP contribution >= 0.6 is 0 Å². The molecule has 3 nitrogen and oxygen atoms in total. The molecule has 0 aromatic heterocycles. The van der Waals surface area contributed by atoms with Crippen molar-refractivity contribution in [2.45, 2.75) is 25.4 Å². The first-order valence-electron chi connectivity index (χ1n) is 7.33. The summed E-state index contributed by atoms with van der Waals surface area (Å²) in [5, 5.41) is 2.48. The van der Waals surface area contributed by atoms with E-state index in [1.54, 1.807) is 0 Å². The summed E-state index contributed by atoms with van der Waals surface area (Å²) < 4.78 is 11.7. The van der Waals surface area contributed by atoms with Crippen molar-refractivity contribution in [1.82, 2.24) is 0 Å². The Balaban J connectivity index is 1.94. The Bertz CT molecular complexity index is 576. The second kappa shape index (κ2) is 6.25. The van der Waals surface area contributed by atoms with Gasteiger partial charge in [0.2, 0.25) is 0 Å². The van der Waals surface area contributed by atoms with Gasteiger partial charge in [-0.05, 0) is 42.6 Å². The van der Waals surface area contributed by atoms with Crippen molar-refractivity contribution in [3.05, 3.63) is 42.0 Å². The molecular weight excluding hydrogens is 250 g/mol. The Morgan fingerprint density at radius 3 is 2.90 bits per heavy atom. The van der Waals surface area contributed by atoms with E-state index in [1.165, 1.54) is 16.3 Å². The largest absolute Gasteiger partial charge is 0.488 e. The molecule has 2 N–H and O–H groups in total. The Kier molecular flexibility index (Phi) is 4.19. The first-order valence-corrected chi connectivity index (χ1v) is 7.33. The van der Waals surface area contributed by atoms with Gasteiger partial charge in [0.05, 0.1) is 6.61 Å². The number of hydrogen-bond acceptors (Lipinski definition) is 3. The molecule has 2 aromatic rings. The molecule has 1 aliphatic heterocycles. The highest BCUT2D eigenvalue weighted by molar-refractivity contribution is 5.87. The van der Waals surface area contributed by atoms with E-state index in [9.17, 15) is 0 Å². The molecule has 106 valence electrons. The molecule has 0 aliphatic carbocycles. The number of ether oxygens (including phenoxy) is 2. The third kappa shape index (κ3) is 2.79. The van der Waals surface area contributed by atoms with Crippen LogP contribution in [-0.4, -0.2) is 25.9 Å². The van der Waals surface area contributed by atoms with E-state index in [0.717, 1.165) is 31.6 Å². The summed E-state index contributed by atoms with van der Waals surface area (Å²) >= 11 is 0. The fourth-order valence-corrected chi connectivity index (χ4v) is 2.81. The van der Waals surface area contributed by atoms with Crippen LogP contribution in [-0.2, 0) is 11.2 Å².